The van der Waals surface area contributed by atoms with E-state index in [1.165, 1.54) is 0 Å². The van der Waals surface area contributed by atoms with Crippen molar-refractivity contribution in [2.45, 2.75) is 13.5 Å². The van der Waals surface area contributed by atoms with Gasteiger partial charge in [0.1, 0.15) is 5.52 Å². The molecule has 2 aromatic heterocycles. The molecule has 0 aliphatic carbocycles. The van der Waals surface area contributed by atoms with Crippen LogP contribution < -0.4 is 10.5 Å². The van der Waals surface area contributed by atoms with E-state index in [2.05, 4.69) is 10.1 Å². The van der Waals surface area contributed by atoms with Gasteiger partial charge in [-0.15, -0.1) is 0 Å². The number of aromatic nitrogens is 3. The van der Waals surface area contributed by atoms with Crippen molar-refractivity contribution in [1.82, 2.24) is 14.8 Å². The number of hydrogen-bond acceptors (Lipinski definition) is 4. The average molecular weight is 192 g/mol. The van der Waals surface area contributed by atoms with Gasteiger partial charge in [-0.1, -0.05) is 0 Å². The van der Waals surface area contributed by atoms with Gasteiger partial charge in [-0.2, -0.15) is 5.10 Å². The summed E-state index contributed by atoms with van der Waals surface area (Å²) >= 11 is 0. The molecule has 0 radical (unpaired) electrons. The first-order chi connectivity index (χ1) is 6.77. The Bertz CT molecular complexity index is 463. The van der Waals surface area contributed by atoms with Gasteiger partial charge < -0.3 is 10.5 Å². The van der Waals surface area contributed by atoms with Gasteiger partial charge >= 0.3 is 0 Å². The minimum Gasteiger partial charge on any atom is -0.491 e. The van der Waals surface area contributed by atoms with Crippen molar-refractivity contribution in [1.29, 1.82) is 0 Å². The second-order valence-electron chi connectivity index (χ2n) is 2.94. The molecular formula is C9H12N4O. The van der Waals surface area contributed by atoms with E-state index in [9.17, 15) is 0 Å². The zero-order chi connectivity index (χ0) is 10.1. The number of nitrogen functional groups attached to an aromatic ring is 1. The molecule has 0 atom stereocenters. The average Bonchev–Trinajstić information content (AvgIpc) is 2.61. The molecule has 5 heteroatoms. The molecular weight excluding hydrogens is 180 g/mol. The van der Waals surface area contributed by atoms with Crippen molar-refractivity contribution in [2.75, 3.05) is 12.8 Å². The van der Waals surface area contributed by atoms with Gasteiger partial charge in [-0.05, 0) is 6.92 Å². The Morgan fingerprint density at radius 2 is 2.29 bits per heavy atom. The summed E-state index contributed by atoms with van der Waals surface area (Å²) in [5.74, 6) is 0.997. The predicted molar refractivity (Wildman–Crippen MR) is 54.2 cm³/mol. The third kappa shape index (κ3) is 1.09. The number of nitrogens with zero attached hydrogens (tertiary/aromatic N) is 3. The first-order valence-corrected chi connectivity index (χ1v) is 4.42. The van der Waals surface area contributed by atoms with Crippen molar-refractivity contribution in [3.8, 4) is 5.75 Å². The van der Waals surface area contributed by atoms with Crippen LogP contribution in [0, 0.1) is 0 Å². The Morgan fingerprint density at radius 1 is 1.50 bits per heavy atom. The van der Waals surface area contributed by atoms with Crippen molar-refractivity contribution in [2.24, 2.45) is 0 Å². The number of hydrogen-bond donors (Lipinski definition) is 1. The van der Waals surface area contributed by atoms with Crippen LogP contribution in [0.5, 0.6) is 5.75 Å². The SMILES string of the molecule is CCn1ncc2cnc(N)c(OC)c21. The van der Waals surface area contributed by atoms with Gasteiger partial charge in [0.25, 0.3) is 0 Å². The maximum Gasteiger partial charge on any atom is 0.187 e. The fraction of sp³-hybridized carbons (Fsp3) is 0.333. The number of ether oxygens (including phenoxy) is 1. The van der Waals surface area contributed by atoms with Gasteiger partial charge in [0, 0.05) is 18.1 Å². The smallest absolute Gasteiger partial charge is 0.187 e. The highest BCUT2D eigenvalue weighted by Gasteiger charge is 2.11. The molecule has 0 fully saturated rings. The maximum absolute atomic E-state index is 5.70. The molecule has 2 rings (SSSR count). The Labute approximate surface area is 81.5 Å². The van der Waals surface area contributed by atoms with Gasteiger partial charge in [-0.25, -0.2) is 4.98 Å². The molecule has 0 bridgehead atoms. The summed E-state index contributed by atoms with van der Waals surface area (Å²) in [5.41, 5.74) is 6.61. The van der Waals surface area contributed by atoms with E-state index in [-0.39, 0.29) is 0 Å². The molecule has 0 saturated carbocycles. The molecule has 2 heterocycles. The monoisotopic (exact) mass is 192 g/mol. The van der Waals surface area contributed by atoms with Crippen molar-refractivity contribution < 1.29 is 4.74 Å². The highest BCUT2D eigenvalue weighted by atomic mass is 16.5. The first kappa shape index (κ1) is 8.80. The van der Waals surface area contributed by atoms with Crippen LogP contribution in [0.4, 0.5) is 5.82 Å². The van der Waals surface area contributed by atoms with E-state index in [4.69, 9.17) is 10.5 Å². The van der Waals surface area contributed by atoms with Crippen LogP contribution in [-0.2, 0) is 6.54 Å². The van der Waals surface area contributed by atoms with Gasteiger partial charge in [0.15, 0.2) is 11.6 Å². The highest BCUT2D eigenvalue weighted by Crippen LogP contribution is 2.29. The van der Waals surface area contributed by atoms with E-state index >= 15 is 0 Å². The summed E-state index contributed by atoms with van der Waals surface area (Å²) in [6.07, 6.45) is 3.46. The lowest BCUT2D eigenvalue weighted by molar-refractivity contribution is 0.417. The van der Waals surface area contributed by atoms with Crippen LogP contribution in [-0.4, -0.2) is 21.9 Å². The van der Waals surface area contributed by atoms with E-state index in [0.29, 0.717) is 11.6 Å². The first-order valence-electron chi connectivity index (χ1n) is 4.42. The summed E-state index contributed by atoms with van der Waals surface area (Å²) in [7, 11) is 1.58. The van der Waals surface area contributed by atoms with E-state index in [1.54, 1.807) is 19.5 Å². The Morgan fingerprint density at radius 3 is 2.93 bits per heavy atom. The van der Waals surface area contributed by atoms with Crippen LogP contribution in [0.1, 0.15) is 6.92 Å². The molecule has 0 aliphatic rings. The molecule has 0 saturated heterocycles. The van der Waals surface area contributed by atoms with Crippen molar-refractivity contribution in [3.63, 3.8) is 0 Å². The molecule has 0 aliphatic heterocycles. The molecule has 0 spiro atoms. The lowest BCUT2D eigenvalue weighted by atomic mass is 10.3. The largest absolute Gasteiger partial charge is 0.491 e. The molecule has 2 N–H and O–H groups in total. The molecule has 74 valence electrons. The summed E-state index contributed by atoms with van der Waals surface area (Å²) in [5, 5.41) is 5.15. The quantitative estimate of drug-likeness (QED) is 0.772. The third-order valence-electron chi connectivity index (χ3n) is 2.16. The number of anilines is 1. The standard InChI is InChI=1S/C9H12N4O/c1-3-13-7-6(5-12-13)4-11-9(10)8(7)14-2/h4-5H,3H2,1-2H3,(H2,10,11). The molecule has 2 aromatic rings. The Hall–Kier alpha value is -1.78. The fourth-order valence-electron chi connectivity index (χ4n) is 1.50. The number of rotatable bonds is 2. The lowest BCUT2D eigenvalue weighted by Gasteiger charge is -2.06. The van der Waals surface area contributed by atoms with Crippen LogP contribution in [0.25, 0.3) is 10.9 Å². The number of aryl methyl sites for hydroxylation is 1. The second-order valence-corrected chi connectivity index (χ2v) is 2.94. The minimum atomic E-state index is 0.398. The zero-order valence-corrected chi connectivity index (χ0v) is 8.19. The number of pyridine rings is 1. The van der Waals surface area contributed by atoms with Crippen molar-refractivity contribution in [3.05, 3.63) is 12.4 Å². The molecule has 0 unspecified atom stereocenters. The highest BCUT2D eigenvalue weighted by molar-refractivity contribution is 5.87. The normalized spacial score (nSPS) is 10.7. The number of nitrogens with two attached hydrogens (primary N) is 1. The fourth-order valence-corrected chi connectivity index (χ4v) is 1.50. The van der Waals surface area contributed by atoms with Crippen LogP contribution in [0.3, 0.4) is 0 Å². The van der Waals surface area contributed by atoms with Crippen molar-refractivity contribution >= 4 is 16.7 Å². The van der Waals surface area contributed by atoms with E-state index in [0.717, 1.165) is 17.4 Å². The Balaban J connectivity index is 2.81. The summed E-state index contributed by atoms with van der Waals surface area (Å²) in [6, 6.07) is 0. The second kappa shape index (κ2) is 3.17. The lowest BCUT2D eigenvalue weighted by Crippen LogP contribution is -2.01. The van der Waals surface area contributed by atoms with Gasteiger partial charge in [-0.3, -0.25) is 4.68 Å². The molecule has 0 amide bonds. The van der Waals surface area contributed by atoms with Gasteiger partial charge in [0.2, 0.25) is 0 Å². The van der Waals surface area contributed by atoms with Gasteiger partial charge in [0.05, 0.1) is 13.3 Å². The third-order valence-corrected chi connectivity index (χ3v) is 2.16. The predicted octanol–water partition coefficient (Wildman–Crippen LogP) is 1.04. The summed E-state index contributed by atoms with van der Waals surface area (Å²) < 4.78 is 7.05. The zero-order valence-electron chi connectivity index (χ0n) is 8.19. The van der Waals surface area contributed by atoms with E-state index in [1.807, 2.05) is 11.6 Å². The molecule has 0 aromatic carbocycles. The Kier molecular flexibility index (Phi) is 1.99. The minimum absolute atomic E-state index is 0.398. The summed E-state index contributed by atoms with van der Waals surface area (Å²) in [4.78, 5) is 4.03. The van der Waals surface area contributed by atoms with Crippen LogP contribution >= 0.6 is 0 Å². The maximum atomic E-state index is 5.70. The molecule has 14 heavy (non-hydrogen) atoms. The van der Waals surface area contributed by atoms with Crippen LogP contribution in [0.15, 0.2) is 12.4 Å². The number of methoxy groups -OCH3 is 1. The molecule has 5 nitrogen and oxygen atoms in total. The van der Waals surface area contributed by atoms with Crippen LogP contribution in [0.2, 0.25) is 0 Å². The topological polar surface area (TPSA) is 66.0 Å². The summed E-state index contributed by atoms with van der Waals surface area (Å²) in [6.45, 7) is 2.80. The van der Waals surface area contributed by atoms with E-state index < -0.39 is 0 Å². The number of fused-ring (bicyclic) bond motifs is 1.